The van der Waals surface area contributed by atoms with Crippen LogP contribution in [0.5, 0.6) is 11.5 Å². The summed E-state index contributed by atoms with van der Waals surface area (Å²) < 4.78 is 6.54. The van der Waals surface area contributed by atoms with Crippen molar-refractivity contribution in [1.82, 2.24) is 14.8 Å². The van der Waals surface area contributed by atoms with Crippen LogP contribution in [0, 0.1) is 0 Å². The number of methoxy groups -OCH3 is 1. The molecule has 4 rings (SSSR count). The Hall–Kier alpha value is -4.07. The van der Waals surface area contributed by atoms with Crippen LogP contribution in [0.2, 0.25) is 0 Å². The Morgan fingerprint density at radius 1 is 1.07 bits per heavy atom. The minimum Gasteiger partial charge on any atom is -0.506 e. The average molecular weight is 390 g/mol. The molecular formula is C21H18N4O4. The number of hydrogen-bond donors (Lipinski definition) is 3. The highest BCUT2D eigenvalue weighted by atomic mass is 16.5. The number of para-hydroxylation sites is 1. The zero-order chi connectivity index (χ0) is 20.5. The molecule has 0 saturated carbocycles. The Balaban J connectivity index is 1.87. The summed E-state index contributed by atoms with van der Waals surface area (Å²) in [7, 11) is 3.18. The van der Waals surface area contributed by atoms with Gasteiger partial charge in [0.1, 0.15) is 17.1 Å². The van der Waals surface area contributed by atoms with E-state index in [1.54, 1.807) is 62.7 Å². The number of rotatable bonds is 4. The molecule has 146 valence electrons. The maximum Gasteiger partial charge on any atom is 0.273 e. The quantitative estimate of drug-likeness (QED) is 0.465. The van der Waals surface area contributed by atoms with E-state index in [1.807, 2.05) is 0 Å². The normalized spacial score (nSPS) is 11.4. The van der Waals surface area contributed by atoms with Crippen molar-refractivity contribution in [2.24, 2.45) is 12.0 Å². The van der Waals surface area contributed by atoms with Gasteiger partial charge in [-0.05, 0) is 36.4 Å². The molecule has 8 nitrogen and oxygen atoms in total. The number of nitrogens with zero attached hydrogens (tertiary/aromatic N) is 2. The predicted octanol–water partition coefficient (Wildman–Crippen LogP) is 2.69. The Bertz CT molecular complexity index is 1340. The van der Waals surface area contributed by atoms with Gasteiger partial charge in [-0.25, -0.2) is 0 Å². The molecule has 2 aromatic heterocycles. The third-order valence-electron chi connectivity index (χ3n) is 4.76. The summed E-state index contributed by atoms with van der Waals surface area (Å²) in [5.74, 6) is 0.492. The van der Waals surface area contributed by atoms with Gasteiger partial charge >= 0.3 is 0 Å². The average Bonchev–Trinajstić information content (AvgIpc) is 3.11. The molecule has 0 aliphatic carbocycles. The molecule has 0 fully saturated rings. The molecule has 29 heavy (non-hydrogen) atoms. The SMILES string of the molecule is COc1ccc(N=Cc2c(-c3c(O)c4ccccc4n(C)c3=O)[nH][nH]c2=O)cc1. The number of aliphatic imine (C=N–C) groups is 1. The molecule has 0 amide bonds. The molecule has 0 radical (unpaired) electrons. The number of nitrogens with one attached hydrogen (secondary N) is 2. The lowest BCUT2D eigenvalue weighted by Gasteiger charge is -2.11. The fraction of sp³-hybridized carbons (Fsp3) is 0.0952. The van der Waals surface area contributed by atoms with Gasteiger partial charge in [0.25, 0.3) is 11.1 Å². The molecule has 2 aromatic carbocycles. The summed E-state index contributed by atoms with van der Waals surface area (Å²) in [5.41, 5.74) is 0.626. The molecular weight excluding hydrogens is 372 g/mol. The van der Waals surface area contributed by atoms with E-state index < -0.39 is 11.1 Å². The molecule has 0 atom stereocenters. The fourth-order valence-corrected chi connectivity index (χ4v) is 3.20. The highest BCUT2D eigenvalue weighted by Crippen LogP contribution is 2.32. The monoisotopic (exact) mass is 390 g/mol. The first-order valence-corrected chi connectivity index (χ1v) is 8.81. The Morgan fingerprint density at radius 3 is 2.52 bits per heavy atom. The second-order valence-electron chi connectivity index (χ2n) is 6.43. The molecule has 0 bridgehead atoms. The van der Waals surface area contributed by atoms with Crippen LogP contribution in [-0.2, 0) is 7.05 Å². The minimum atomic E-state index is -0.452. The highest BCUT2D eigenvalue weighted by molar-refractivity contribution is 5.96. The summed E-state index contributed by atoms with van der Waals surface area (Å²) in [4.78, 5) is 29.5. The van der Waals surface area contributed by atoms with E-state index in [1.165, 1.54) is 10.8 Å². The van der Waals surface area contributed by atoms with E-state index in [4.69, 9.17) is 4.74 Å². The second kappa shape index (κ2) is 7.16. The fourth-order valence-electron chi connectivity index (χ4n) is 3.20. The maximum absolute atomic E-state index is 12.9. The van der Waals surface area contributed by atoms with Crippen molar-refractivity contribution in [1.29, 1.82) is 0 Å². The zero-order valence-corrected chi connectivity index (χ0v) is 15.8. The third-order valence-corrected chi connectivity index (χ3v) is 4.76. The number of aromatic hydroxyl groups is 1. The number of benzene rings is 2. The van der Waals surface area contributed by atoms with Gasteiger partial charge in [-0.3, -0.25) is 24.8 Å². The van der Waals surface area contributed by atoms with Gasteiger partial charge in [0, 0.05) is 18.6 Å². The Morgan fingerprint density at radius 2 is 1.79 bits per heavy atom. The molecule has 8 heteroatoms. The van der Waals surface area contributed by atoms with E-state index in [-0.39, 0.29) is 22.6 Å². The van der Waals surface area contributed by atoms with E-state index in [0.717, 1.165) is 0 Å². The van der Waals surface area contributed by atoms with Gasteiger partial charge in [-0.15, -0.1) is 0 Å². The number of aryl methyl sites for hydroxylation is 1. The van der Waals surface area contributed by atoms with Crippen molar-refractivity contribution in [3.05, 3.63) is 74.8 Å². The molecule has 3 N–H and O–H groups in total. The van der Waals surface area contributed by atoms with E-state index >= 15 is 0 Å². The lowest BCUT2D eigenvalue weighted by molar-refractivity contribution is 0.415. The van der Waals surface area contributed by atoms with Crippen molar-refractivity contribution < 1.29 is 9.84 Å². The number of pyridine rings is 1. The van der Waals surface area contributed by atoms with Crippen LogP contribution >= 0.6 is 0 Å². The molecule has 0 unspecified atom stereocenters. The summed E-state index contributed by atoms with van der Waals surface area (Å²) >= 11 is 0. The van der Waals surface area contributed by atoms with E-state index in [0.29, 0.717) is 22.3 Å². The lowest BCUT2D eigenvalue weighted by atomic mass is 10.1. The number of H-pyrrole nitrogens is 2. The first kappa shape index (κ1) is 18.3. The van der Waals surface area contributed by atoms with Crippen LogP contribution in [-0.4, -0.2) is 33.2 Å². The van der Waals surface area contributed by atoms with Crippen molar-refractivity contribution in [2.75, 3.05) is 7.11 Å². The summed E-state index contributed by atoms with van der Waals surface area (Å²) in [6.07, 6.45) is 1.36. The summed E-state index contributed by atoms with van der Waals surface area (Å²) in [5, 5.41) is 16.4. The van der Waals surface area contributed by atoms with Crippen molar-refractivity contribution in [2.45, 2.75) is 0 Å². The van der Waals surface area contributed by atoms with Crippen LogP contribution < -0.4 is 15.9 Å². The third kappa shape index (κ3) is 3.10. The number of fused-ring (bicyclic) bond motifs is 1. The largest absolute Gasteiger partial charge is 0.506 e. The second-order valence-corrected chi connectivity index (χ2v) is 6.43. The van der Waals surface area contributed by atoms with Gasteiger partial charge in [0.05, 0.1) is 29.6 Å². The predicted molar refractivity (Wildman–Crippen MR) is 112 cm³/mol. The zero-order valence-electron chi connectivity index (χ0n) is 15.8. The van der Waals surface area contributed by atoms with Gasteiger partial charge in [-0.2, -0.15) is 0 Å². The van der Waals surface area contributed by atoms with Crippen LogP contribution in [0.4, 0.5) is 5.69 Å². The maximum atomic E-state index is 12.9. The van der Waals surface area contributed by atoms with Crippen LogP contribution in [0.25, 0.3) is 22.2 Å². The summed E-state index contributed by atoms with van der Waals surface area (Å²) in [6, 6.07) is 14.0. The Labute approximate surface area is 164 Å². The van der Waals surface area contributed by atoms with Crippen LogP contribution in [0.1, 0.15) is 5.56 Å². The molecule has 0 aliphatic heterocycles. The summed E-state index contributed by atoms with van der Waals surface area (Å²) in [6.45, 7) is 0. The Kier molecular flexibility index (Phi) is 4.52. The first-order valence-electron chi connectivity index (χ1n) is 8.81. The van der Waals surface area contributed by atoms with Gasteiger partial charge in [0.2, 0.25) is 0 Å². The molecule has 4 aromatic rings. The van der Waals surface area contributed by atoms with Gasteiger partial charge < -0.3 is 14.4 Å². The molecule has 2 heterocycles. The minimum absolute atomic E-state index is 0.000677. The number of aromatic nitrogens is 3. The smallest absolute Gasteiger partial charge is 0.273 e. The van der Waals surface area contributed by atoms with Crippen LogP contribution in [0.3, 0.4) is 0 Å². The number of aromatic amines is 2. The van der Waals surface area contributed by atoms with Crippen molar-refractivity contribution >= 4 is 22.8 Å². The van der Waals surface area contributed by atoms with E-state index in [9.17, 15) is 14.7 Å². The molecule has 0 saturated heterocycles. The van der Waals surface area contributed by atoms with Crippen molar-refractivity contribution in [3.63, 3.8) is 0 Å². The topological polar surface area (TPSA) is 112 Å². The standard InChI is InChI=1S/C21H18N4O4/c1-25-16-6-4-3-5-14(16)19(26)17(21(25)28)18-15(20(27)24-23-18)11-22-12-7-9-13(29-2)10-8-12/h3-11,26H,1-2H3,(H2,23,24,27). The van der Waals surface area contributed by atoms with Gasteiger partial charge in [0.15, 0.2) is 0 Å². The van der Waals surface area contributed by atoms with E-state index in [2.05, 4.69) is 15.2 Å². The molecule has 0 aliphatic rings. The number of hydrogen-bond acceptors (Lipinski definition) is 5. The van der Waals surface area contributed by atoms with Gasteiger partial charge in [-0.1, -0.05) is 12.1 Å². The van der Waals surface area contributed by atoms with Crippen LogP contribution in [0.15, 0.2) is 63.1 Å². The lowest BCUT2D eigenvalue weighted by Crippen LogP contribution is -2.20. The van der Waals surface area contributed by atoms with Crippen molar-refractivity contribution in [3.8, 4) is 22.8 Å². The number of ether oxygens (including phenoxy) is 1. The molecule has 0 spiro atoms. The first-order chi connectivity index (χ1) is 14.0. The highest BCUT2D eigenvalue weighted by Gasteiger charge is 2.21.